The third kappa shape index (κ3) is 6.37. The number of carbonyl (C=O) groups is 1. The van der Waals surface area contributed by atoms with Gasteiger partial charge in [0.1, 0.15) is 5.75 Å². The number of hydrogen-bond donors (Lipinski definition) is 1. The number of fused-ring (bicyclic) bond motifs is 1. The molecule has 0 amide bonds. The van der Waals surface area contributed by atoms with E-state index in [-0.39, 0.29) is 5.97 Å². The molecule has 2 rings (SSSR count). The Kier molecular flexibility index (Phi) is 9.04. The molecule has 28 heavy (non-hydrogen) atoms. The summed E-state index contributed by atoms with van der Waals surface area (Å²) in [5, 5.41) is 1.05. The molecule has 0 aliphatic rings. The lowest BCUT2D eigenvalue weighted by molar-refractivity contribution is -0.134. The Morgan fingerprint density at radius 1 is 1.07 bits per heavy atom. The van der Waals surface area contributed by atoms with Crippen LogP contribution in [0.4, 0.5) is 0 Å². The van der Waals surface area contributed by atoms with Crippen LogP contribution in [0.3, 0.4) is 0 Å². The van der Waals surface area contributed by atoms with Crippen molar-refractivity contribution >= 4 is 16.9 Å². The second-order valence-electron chi connectivity index (χ2n) is 8.31. The Morgan fingerprint density at radius 3 is 2.46 bits per heavy atom. The molecule has 0 radical (unpaired) electrons. The summed E-state index contributed by atoms with van der Waals surface area (Å²) < 4.78 is 5.76. The van der Waals surface area contributed by atoms with Gasteiger partial charge in [-0.1, -0.05) is 38.7 Å². The smallest absolute Gasteiger partial charge is 0.311 e. The molecule has 0 bridgehead atoms. The van der Waals surface area contributed by atoms with Gasteiger partial charge in [-0.05, 0) is 58.2 Å². The number of rotatable bonds is 12. The van der Waals surface area contributed by atoms with Gasteiger partial charge in [0.15, 0.2) is 0 Å². The first kappa shape index (κ1) is 22.5. The van der Waals surface area contributed by atoms with Crippen LogP contribution in [0.2, 0.25) is 0 Å². The summed E-state index contributed by atoms with van der Waals surface area (Å²) in [4.78, 5) is 18.2. The Labute approximate surface area is 170 Å². The highest BCUT2D eigenvalue weighted by atomic mass is 16.5. The molecule has 0 saturated heterocycles. The minimum absolute atomic E-state index is 0.123. The fourth-order valence-corrected chi connectivity index (χ4v) is 3.91. The third-order valence-electron chi connectivity index (χ3n) is 5.42. The monoisotopic (exact) mass is 386 g/mol. The summed E-state index contributed by atoms with van der Waals surface area (Å²) >= 11 is 0. The van der Waals surface area contributed by atoms with Crippen LogP contribution < -0.4 is 4.74 Å². The van der Waals surface area contributed by atoms with Gasteiger partial charge < -0.3 is 9.72 Å². The Hall–Kier alpha value is -1.81. The molecule has 1 heterocycles. The summed E-state index contributed by atoms with van der Waals surface area (Å²) in [7, 11) is 0. The summed E-state index contributed by atoms with van der Waals surface area (Å²) in [6, 6.07) is 6.92. The molecule has 0 fully saturated rings. The lowest BCUT2D eigenvalue weighted by Crippen LogP contribution is -2.38. The van der Waals surface area contributed by atoms with Gasteiger partial charge >= 0.3 is 5.97 Å². The van der Waals surface area contributed by atoms with Gasteiger partial charge in [-0.25, -0.2) is 0 Å². The zero-order valence-electron chi connectivity index (χ0n) is 18.4. The molecule has 0 atom stereocenters. The number of hydrogen-bond acceptors (Lipinski definition) is 3. The molecule has 0 saturated carbocycles. The molecule has 4 heteroatoms. The number of esters is 1. The second kappa shape index (κ2) is 11.3. The molecule has 1 aromatic heterocycles. The summed E-state index contributed by atoms with van der Waals surface area (Å²) in [5.74, 6) is 0.565. The topological polar surface area (TPSA) is 45.3 Å². The van der Waals surface area contributed by atoms with Crippen molar-refractivity contribution in [3.8, 4) is 5.75 Å². The lowest BCUT2D eigenvalue weighted by atomic mass is 10.1. The number of benzene rings is 1. The van der Waals surface area contributed by atoms with E-state index in [0.29, 0.717) is 24.3 Å². The first-order valence-corrected chi connectivity index (χ1v) is 11.0. The highest BCUT2D eigenvalue weighted by Crippen LogP contribution is 2.30. The maximum Gasteiger partial charge on any atom is 0.311 e. The predicted molar refractivity (Wildman–Crippen MR) is 118 cm³/mol. The van der Waals surface area contributed by atoms with Crippen molar-refractivity contribution in [3.05, 3.63) is 30.0 Å². The van der Waals surface area contributed by atoms with Gasteiger partial charge in [0.2, 0.25) is 0 Å². The first-order chi connectivity index (χ1) is 13.4. The van der Waals surface area contributed by atoms with Gasteiger partial charge in [-0.2, -0.15) is 0 Å². The molecular formula is C24H38N2O2. The quantitative estimate of drug-likeness (QED) is 0.272. The summed E-state index contributed by atoms with van der Waals surface area (Å²) in [5.41, 5.74) is 2.25. The zero-order valence-corrected chi connectivity index (χ0v) is 18.4. The van der Waals surface area contributed by atoms with Crippen molar-refractivity contribution in [3.63, 3.8) is 0 Å². The second-order valence-corrected chi connectivity index (χ2v) is 8.31. The van der Waals surface area contributed by atoms with E-state index in [9.17, 15) is 4.79 Å². The van der Waals surface area contributed by atoms with E-state index in [1.807, 2.05) is 18.2 Å². The van der Waals surface area contributed by atoms with Crippen LogP contribution in [0, 0.1) is 0 Å². The largest absolute Gasteiger partial charge is 0.426 e. The zero-order chi connectivity index (χ0) is 20.5. The van der Waals surface area contributed by atoms with E-state index in [1.54, 1.807) is 0 Å². The van der Waals surface area contributed by atoms with Crippen molar-refractivity contribution < 1.29 is 9.53 Å². The molecule has 1 N–H and O–H groups in total. The van der Waals surface area contributed by atoms with Gasteiger partial charge in [0.05, 0.1) is 0 Å². The molecule has 0 spiro atoms. The Morgan fingerprint density at radius 2 is 1.79 bits per heavy atom. The minimum Gasteiger partial charge on any atom is -0.426 e. The van der Waals surface area contributed by atoms with E-state index >= 15 is 0 Å². The van der Waals surface area contributed by atoms with Crippen LogP contribution in [0.5, 0.6) is 5.75 Å². The molecule has 4 nitrogen and oxygen atoms in total. The predicted octanol–water partition coefficient (Wildman–Crippen LogP) is 6.10. The SMILES string of the molecule is CCCCCCCC(=O)Oc1cccc2[nH]cc(CCN(C(C)C)C(C)C)c12. The average molecular weight is 387 g/mol. The van der Waals surface area contributed by atoms with E-state index in [4.69, 9.17) is 4.74 Å². The number of ether oxygens (including phenoxy) is 1. The molecule has 0 aliphatic heterocycles. The first-order valence-electron chi connectivity index (χ1n) is 11.0. The van der Waals surface area contributed by atoms with E-state index < -0.39 is 0 Å². The number of H-pyrrole nitrogens is 1. The molecular weight excluding hydrogens is 348 g/mol. The number of aromatic amines is 1. The van der Waals surface area contributed by atoms with Gasteiger partial charge in [0.25, 0.3) is 0 Å². The number of aromatic nitrogens is 1. The van der Waals surface area contributed by atoms with Gasteiger partial charge in [-0.15, -0.1) is 0 Å². The highest BCUT2D eigenvalue weighted by molar-refractivity contribution is 5.91. The van der Waals surface area contributed by atoms with Gasteiger partial charge in [0, 0.05) is 42.1 Å². The summed E-state index contributed by atoms with van der Waals surface area (Å²) in [6.45, 7) is 12.1. The fraction of sp³-hybridized carbons (Fsp3) is 0.625. The maximum atomic E-state index is 12.3. The Balaban J connectivity index is 2.04. The minimum atomic E-state index is -0.123. The van der Waals surface area contributed by atoms with Crippen molar-refractivity contribution in [2.45, 2.75) is 91.6 Å². The lowest BCUT2D eigenvalue weighted by Gasteiger charge is -2.30. The van der Waals surface area contributed by atoms with Crippen LogP contribution in [0.1, 0.15) is 78.7 Å². The van der Waals surface area contributed by atoms with Crippen LogP contribution in [0.15, 0.2) is 24.4 Å². The van der Waals surface area contributed by atoms with Crippen LogP contribution in [-0.4, -0.2) is 34.5 Å². The van der Waals surface area contributed by atoms with Crippen molar-refractivity contribution in [1.29, 1.82) is 0 Å². The van der Waals surface area contributed by atoms with Gasteiger partial charge in [-0.3, -0.25) is 9.69 Å². The fourth-order valence-electron chi connectivity index (χ4n) is 3.91. The number of carbonyl (C=O) groups excluding carboxylic acids is 1. The normalized spacial score (nSPS) is 11.9. The number of unbranched alkanes of at least 4 members (excludes halogenated alkanes) is 4. The maximum absolute atomic E-state index is 12.3. The third-order valence-corrected chi connectivity index (χ3v) is 5.42. The Bertz CT molecular complexity index is 725. The van der Waals surface area contributed by atoms with Crippen molar-refractivity contribution in [2.24, 2.45) is 0 Å². The van der Waals surface area contributed by atoms with Crippen molar-refractivity contribution in [1.82, 2.24) is 9.88 Å². The average Bonchev–Trinajstić information content (AvgIpc) is 3.05. The molecule has 2 aromatic rings. The van der Waals surface area contributed by atoms with Crippen LogP contribution >= 0.6 is 0 Å². The van der Waals surface area contributed by atoms with Crippen LogP contribution in [0.25, 0.3) is 10.9 Å². The van der Waals surface area contributed by atoms with E-state index in [1.165, 1.54) is 24.8 Å². The van der Waals surface area contributed by atoms with E-state index in [0.717, 1.165) is 36.7 Å². The number of nitrogens with one attached hydrogen (secondary N) is 1. The number of nitrogens with zero attached hydrogens (tertiary/aromatic N) is 1. The molecule has 0 aliphatic carbocycles. The standard InChI is InChI=1S/C24H38N2O2/c1-6-7-8-9-10-14-23(27)28-22-13-11-12-21-24(22)20(17-25-21)15-16-26(18(2)3)19(4)5/h11-13,17-19,25H,6-10,14-16H2,1-5H3. The molecule has 156 valence electrons. The summed E-state index contributed by atoms with van der Waals surface area (Å²) in [6.07, 6.45) is 9.15. The van der Waals surface area contributed by atoms with Crippen molar-refractivity contribution in [2.75, 3.05) is 6.54 Å². The van der Waals surface area contributed by atoms with Crippen LogP contribution in [-0.2, 0) is 11.2 Å². The highest BCUT2D eigenvalue weighted by Gasteiger charge is 2.16. The molecule has 1 aromatic carbocycles. The van der Waals surface area contributed by atoms with E-state index in [2.05, 4.69) is 50.7 Å². The molecule has 0 unspecified atom stereocenters.